The number of nitrogens with one attached hydrogen (secondary N) is 1. The highest BCUT2D eigenvalue weighted by Crippen LogP contribution is 2.34. The smallest absolute Gasteiger partial charge is 0.308 e. The summed E-state index contributed by atoms with van der Waals surface area (Å²) in [7, 11) is 1.49. The molecule has 2 aliphatic rings. The van der Waals surface area contributed by atoms with Crippen LogP contribution in [0.3, 0.4) is 0 Å². The Morgan fingerprint density at radius 2 is 2.23 bits per heavy atom. The third-order valence-electron chi connectivity index (χ3n) is 3.44. The van der Waals surface area contributed by atoms with E-state index in [1.165, 1.54) is 13.5 Å². The van der Waals surface area contributed by atoms with E-state index in [0.717, 1.165) is 31.7 Å². The van der Waals surface area contributed by atoms with Gasteiger partial charge in [-0.05, 0) is 38.1 Å². The predicted octanol–water partition coefficient (Wildman–Crippen LogP) is 0.938. The first-order chi connectivity index (χ1) is 6.31. The second-order valence-corrected chi connectivity index (χ2v) is 4.14. The van der Waals surface area contributed by atoms with E-state index in [1.807, 2.05) is 0 Å². The van der Waals surface area contributed by atoms with Crippen LogP contribution >= 0.6 is 0 Å². The summed E-state index contributed by atoms with van der Waals surface area (Å²) in [6, 6.07) is 0.681. The molecule has 3 nitrogen and oxygen atoms in total. The molecule has 1 aliphatic carbocycles. The van der Waals surface area contributed by atoms with Gasteiger partial charge >= 0.3 is 5.97 Å². The SMILES string of the molecule is COC(=O)[C@H]1CC[C@H]2NCC[C@H]2C1. The number of carbonyl (C=O) groups excluding carboxylic acids is 1. The Labute approximate surface area is 78.8 Å². The zero-order valence-corrected chi connectivity index (χ0v) is 8.08. The summed E-state index contributed by atoms with van der Waals surface area (Å²) in [5.74, 6) is 0.884. The Balaban J connectivity index is 1.93. The van der Waals surface area contributed by atoms with Crippen LogP contribution in [0.2, 0.25) is 0 Å². The number of hydrogen-bond acceptors (Lipinski definition) is 3. The Bertz CT molecular complexity index is 205. The van der Waals surface area contributed by atoms with Crippen molar-refractivity contribution in [3.8, 4) is 0 Å². The first-order valence-electron chi connectivity index (χ1n) is 5.12. The van der Waals surface area contributed by atoms with Gasteiger partial charge in [-0.1, -0.05) is 0 Å². The minimum absolute atomic E-state index is 0.00894. The number of hydrogen-bond donors (Lipinski definition) is 1. The van der Waals surface area contributed by atoms with Gasteiger partial charge in [-0.2, -0.15) is 0 Å². The molecule has 0 amide bonds. The van der Waals surface area contributed by atoms with E-state index in [4.69, 9.17) is 4.74 Å². The van der Waals surface area contributed by atoms with E-state index < -0.39 is 0 Å². The lowest BCUT2D eigenvalue weighted by Gasteiger charge is -2.29. The Hall–Kier alpha value is -0.570. The molecule has 1 saturated heterocycles. The van der Waals surface area contributed by atoms with Crippen molar-refractivity contribution in [3.63, 3.8) is 0 Å². The number of fused-ring (bicyclic) bond motifs is 1. The predicted molar refractivity (Wildman–Crippen MR) is 49.3 cm³/mol. The Kier molecular flexibility index (Phi) is 2.54. The Morgan fingerprint density at radius 1 is 1.38 bits per heavy atom. The van der Waals surface area contributed by atoms with E-state index in [9.17, 15) is 4.79 Å². The summed E-state index contributed by atoms with van der Waals surface area (Å²) in [4.78, 5) is 11.3. The second-order valence-electron chi connectivity index (χ2n) is 4.14. The molecule has 1 heterocycles. The fourth-order valence-corrected chi connectivity index (χ4v) is 2.69. The average molecular weight is 183 g/mol. The first kappa shape index (κ1) is 9.00. The number of methoxy groups -OCH3 is 1. The molecule has 0 spiro atoms. The van der Waals surface area contributed by atoms with Crippen molar-refractivity contribution in [1.29, 1.82) is 0 Å². The van der Waals surface area contributed by atoms with Crippen LogP contribution in [-0.4, -0.2) is 25.7 Å². The van der Waals surface area contributed by atoms with Crippen LogP contribution in [0.4, 0.5) is 0 Å². The molecule has 1 N–H and O–H groups in total. The van der Waals surface area contributed by atoms with Crippen LogP contribution in [-0.2, 0) is 9.53 Å². The molecule has 2 rings (SSSR count). The highest BCUT2D eigenvalue weighted by molar-refractivity contribution is 5.72. The number of rotatable bonds is 1. The van der Waals surface area contributed by atoms with E-state index >= 15 is 0 Å². The van der Waals surface area contributed by atoms with Crippen molar-refractivity contribution in [2.24, 2.45) is 11.8 Å². The third-order valence-corrected chi connectivity index (χ3v) is 3.44. The van der Waals surface area contributed by atoms with Crippen molar-refractivity contribution in [2.75, 3.05) is 13.7 Å². The average Bonchev–Trinajstić information content (AvgIpc) is 2.63. The van der Waals surface area contributed by atoms with Crippen LogP contribution in [0.1, 0.15) is 25.7 Å². The van der Waals surface area contributed by atoms with E-state index in [1.54, 1.807) is 0 Å². The van der Waals surface area contributed by atoms with Gasteiger partial charge in [-0.15, -0.1) is 0 Å². The van der Waals surface area contributed by atoms with Crippen molar-refractivity contribution >= 4 is 5.97 Å². The summed E-state index contributed by atoms with van der Waals surface area (Å²) >= 11 is 0. The summed E-state index contributed by atoms with van der Waals surface area (Å²) < 4.78 is 4.78. The van der Waals surface area contributed by atoms with Crippen molar-refractivity contribution in [3.05, 3.63) is 0 Å². The van der Waals surface area contributed by atoms with Gasteiger partial charge in [0.1, 0.15) is 0 Å². The maximum atomic E-state index is 11.3. The van der Waals surface area contributed by atoms with Crippen LogP contribution in [0.15, 0.2) is 0 Å². The molecule has 0 aromatic rings. The quantitative estimate of drug-likeness (QED) is 0.615. The number of ether oxygens (including phenoxy) is 1. The molecule has 0 radical (unpaired) electrons. The van der Waals surface area contributed by atoms with Gasteiger partial charge < -0.3 is 10.1 Å². The molecular formula is C10H17NO2. The van der Waals surface area contributed by atoms with Gasteiger partial charge in [0.15, 0.2) is 0 Å². The lowest BCUT2D eigenvalue weighted by molar-refractivity contribution is -0.147. The summed E-state index contributed by atoms with van der Waals surface area (Å²) in [6.45, 7) is 1.13. The molecule has 0 bridgehead atoms. The van der Waals surface area contributed by atoms with Crippen LogP contribution in [0.25, 0.3) is 0 Å². The van der Waals surface area contributed by atoms with Gasteiger partial charge in [0.25, 0.3) is 0 Å². The third kappa shape index (κ3) is 1.70. The second kappa shape index (κ2) is 3.66. The Morgan fingerprint density at radius 3 is 3.00 bits per heavy atom. The molecule has 3 atom stereocenters. The lowest BCUT2D eigenvalue weighted by Crippen LogP contribution is -2.35. The molecular weight excluding hydrogens is 166 g/mol. The minimum Gasteiger partial charge on any atom is -0.469 e. The van der Waals surface area contributed by atoms with Crippen LogP contribution in [0.5, 0.6) is 0 Å². The highest BCUT2D eigenvalue weighted by Gasteiger charge is 2.36. The molecule has 2 fully saturated rings. The monoisotopic (exact) mass is 183 g/mol. The standard InChI is InChI=1S/C10H17NO2/c1-13-10(12)8-2-3-9-7(6-8)4-5-11-9/h7-9,11H,2-6H2,1H3/t7-,8-,9+/m0/s1. The minimum atomic E-state index is -0.00894. The van der Waals surface area contributed by atoms with Crippen LogP contribution < -0.4 is 5.32 Å². The normalized spacial score (nSPS) is 38.4. The van der Waals surface area contributed by atoms with Gasteiger partial charge in [0, 0.05) is 6.04 Å². The molecule has 0 aromatic heterocycles. The molecule has 0 unspecified atom stereocenters. The summed E-state index contributed by atoms with van der Waals surface area (Å²) in [6.07, 6.45) is 4.41. The zero-order chi connectivity index (χ0) is 9.26. The fourth-order valence-electron chi connectivity index (χ4n) is 2.69. The summed E-state index contributed by atoms with van der Waals surface area (Å²) in [5.41, 5.74) is 0. The molecule has 0 aromatic carbocycles. The van der Waals surface area contributed by atoms with Crippen molar-refractivity contribution in [1.82, 2.24) is 5.32 Å². The maximum Gasteiger partial charge on any atom is 0.308 e. The maximum absolute atomic E-state index is 11.3. The molecule has 3 heteroatoms. The largest absolute Gasteiger partial charge is 0.469 e. The van der Waals surface area contributed by atoms with Gasteiger partial charge in [-0.25, -0.2) is 0 Å². The zero-order valence-electron chi connectivity index (χ0n) is 8.08. The van der Waals surface area contributed by atoms with Crippen LogP contribution in [0, 0.1) is 11.8 Å². The van der Waals surface area contributed by atoms with E-state index in [2.05, 4.69) is 5.32 Å². The fraction of sp³-hybridized carbons (Fsp3) is 0.900. The topological polar surface area (TPSA) is 38.3 Å². The highest BCUT2D eigenvalue weighted by atomic mass is 16.5. The van der Waals surface area contributed by atoms with Gasteiger partial charge in [-0.3, -0.25) is 4.79 Å². The van der Waals surface area contributed by atoms with Crippen molar-refractivity contribution in [2.45, 2.75) is 31.7 Å². The number of esters is 1. The lowest BCUT2D eigenvalue weighted by atomic mass is 9.79. The van der Waals surface area contributed by atoms with E-state index in [0.29, 0.717) is 6.04 Å². The molecule has 1 saturated carbocycles. The molecule has 74 valence electrons. The number of carbonyl (C=O) groups is 1. The first-order valence-corrected chi connectivity index (χ1v) is 5.12. The summed E-state index contributed by atoms with van der Waals surface area (Å²) in [5, 5.41) is 3.48. The van der Waals surface area contributed by atoms with Crippen molar-refractivity contribution < 1.29 is 9.53 Å². The molecule has 13 heavy (non-hydrogen) atoms. The van der Waals surface area contributed by atoms with Gasteiger partial charge in [0.2, 0.25) is 0 Å². The van der Waals surface area contributed by atoms with E-state index in [-0.39, 0.29) is 11.9 Å². The molecule has 1 aliphatic heterocycles. The van der Waals surface area contributed by atoms with Gasteiger partial charge in [0.05, 0.1) is 13.0 Å².